The molecule has 4 amide bonds. The summed E-state index contributed by atoms with van der Waals surface area (Å²) in [7, 11) is 0. The smallest absolute Gasteiger partial charge is 0.326 e. The average Bonchev–Trinajstić information content (AvgIpc) is 3.84. The lowest BCUT2D eigenvalue weighted by Crippen LogP contribution is -2.57. The number of fused-ring (bicyclic) bond motifs is 16. The Hall–Kier alpha value is -7.38. The number of rotatable bonds is 12. The Morgan fingerprint density at radius 1 is 0.615 bits per heavy atom. The van der Waals surface area contributed by atoms with Gasteiger partial charge < -0.3 is 31.1 Å². The molecule has 0 radical (unpaired) electrons. The van der Waals surface area contributed by atoms with E-state index in [4.69, 9.17) is 4.74 Å². The number of hydrogen-bond acceptors (Lipinski definition) is 8. The molecule has 0 spiro atoms. The summed E-state index contributed by atoms with van der Waals surface area (Å²) in [6.07, 6.45) is -0.0233. The first-order valence-corrected chi connectivity index (χ1v) is 22.4. The number of hydrogen-bond donors (Lipinski definition) is 5. The van der Waals surface area contributed by atoms with Crippen molar-refractivity contribution in [3.05, 3.63) is 184 Å². The van der Waals surface area contributed by atoms with Crippen LogP contribution in [-0.2, 0) is 60.9 Å². The minimum absolute atomic E-state index is 0.0190. The topological polar surface area (TPSA) is 180 Å². The highest BCUT2D eigenvalue weighted by molar-refractivity contribution is 7.09. The molecule has 12 nitrogen and oxygen atoms in total. The van der Waals surface area contributed by atoms with Crippen molar-refractivity contribution in [3.8, 4) is 16.9 Å². The number of nitrogens with one attached hydrogen (secondary N) is 4. The highest BCUT2D eigenvalue weighted by Crippen LogP contribution is 2.22. The molecule has 1 aromatic heterocycles. The van der Waals surface area contributed by atoms with Gasteiger partial charge in [-0.3, -0.25) is 24.0 Å². The van der Waals surface area contributed by atoms with Crippen molar-refractivity contribution in [3.63, 3.8) is 0 Å². The number of thiophene rings is 1. The molecule has 5 aromatic carbocycles. The third-order valence-electron chi connectivity index (χ3n) is 11.2. The first kappa shape index (κ1) is 45.6. The van der Waals surface area contributed by atoms with Crippen molar-refractivity contribution in [1.82, 2.24) is 21.3 Å². The van der Waals surface area contributed by atoms with Crippen LogP contribution in [0.15, 0.2) is 157 Å². The van der Waals surface area contributed by atoms with Gasteiger partial charge in [-0.05, 0) is 69.8 Å². The minimum atomic E-state index is -1.28. The van der Waals surface area contributed by atoms with Crippen LogP contribution in [0, 0.1) is 5.92 Å². The first-order valence-electron chi connectivity index (χ1n) is 21.5. The fourth-order valence-electron chi connectivity index (χ4n) is 7.76. The first-order chi connectivity index (χ1) is 31.6. The van der Waals surface area contributed by atoms with E-state index < -0.39 is 72.1 Å². The monoisotopic (exact) mass is 890 g/mol. The molecular weight excluding hydrogens is 841 g/mol. The van der Waals surface area contributed by atoms with Crippen LogP contribution in [0.4, 0.5) is 0 Å². The van der Waals surface area contributed by atoms with E-state index in [9.17, 15) is 33.9 Å². The molecule has 2 aliphatic heterocycles. The van der Waals surface area contributed by atoms with E-state index >= 15 is 0 Å². The van der Waals surface area contributed by atoms with Gasteiger partial charge in [0, 0.05) is 36.5 Å². The van der Waals surface area contributed by atoms with Crippen LogP contribution in [-0.4, -0.2) is 71.3 Å². The number of aliphatic carboxylic acids is 1. The molecular formula is C52H50N4O8S. The lowest BCUT2D eigenvalue weighted by molar-refractivity contribution is -0.142. The lowest BCUT2D eigenvalue weighted by Gasteiger charge is -2.26. The summed E-state index contributed by atoms with van der Waals surface area (Å²) >= 11 is 1.43. The molecule has 3 heterocycles. The van der Waals surface area contributed by atoms with Gasteiger partial charge in [-0.25, -0.2) is 4.79 Å². The second-order valence-electron chi connectivity index (χ2n) is 16.1. The van der Waals surface area contributed by atoms with Gasteiger partial charge in [0.05, 0.1) is 6.04 Å². The fraction of sp³-hybridized carbons (Fsp3) is 0.231. The van der Waals surface area contributed by atoms with Gasteiger partial charge in [-0.1, -0.05) is 133 Å². The maximum atomic E-state index is 14.7. The maximum absolute atomic E-state index is 14.7. The van der Waals surface area contributed by atoms with Crippen molar-refractivity contribution >= 4 is 46.7 Å². The number of ketones is 1. The molecule has 332 valence electrons. The standard InChI is InChI=1S/C52H50N4O8S/c57-47-31-40(49(59)56-46(52(62)63)30-35-13-6-2-7-14-35)27-36-20-24-41(25-21-36)64-33-48(58)53-45(32-42-17-10-26-65-42)51(61)55-44(50(60)54-43(47)28-34-11-4-1-5-12-34)29-37-18-22-39(23-19-37)38-15-8-3-9-16-38/h1-26,40,43-46H,27-33H2,(H,53,58)(H,54,60)(H,55,61)(H,56,59)(H,62,63)/t40-,43+,44-,45+,46-/m1/s1. The van der Waals surface area contributed by atoms with Crippen LogP contribution in [0.1, 0.15) is 33.6 Å². The molecule has 65 heavy (non-hydrogen) atoms. The van der Waals surface area contributed by atoms with Crippen molar-refractivity contribution < 1.29 is 38.6 Å². The molecule has 0 aliphatic carbocycles. The number of benzene rings is 5. The molecule has 0 saturated carbocycles. The van der Waals surface area contributed by atoms with Gasteiger partial charge >= 0.3 is 5.97 Å². The Bertz CT molecular complexity index is 2540. The van der Waals surface area contributed by atoms with E-state index in [-0.39, 0.29) is 38.5 Å². The molecule has 8 rings (SSSR count). The lowest BCUT2D eigenvalue weighted by atomic mass is 9.89. The van der Waals surface area contributed by atoms with E-state index in [2.05, 4.69) is 21.3 Å². The summed E-state index contributed by atoms with van der Waals surface area (Å²) < 4.78 is 5.81. The average molecular weight is 891 g/mol. The molecule has 2 bridgehead atoms. The largest absolute Gasteiger partial charge is 0.484 e. The summed E-state index contributed by atoms with van der Waals surface area (Å²) in [6.45, 7) is -0.413. The van der Waals surface area contributed by atoms with Crippen LogP contribution in [0.25, 0.3) is 11.1 Å². The normalized spacial score (nSPS) is 19.0. The molecule has 0 saturated heterocycles. The predicted octanol–water partition coefficient (Wildman–Crippen LogP) is 5.92. The highest BCUT2D eigenvalue weighted by Gasteiger charge is 2.34. The summed E-state index contributed by atoms with van der Waals surface area (Å²) in [5, 5.41) is 23.4. The summed E-state index contributed by atoms with van der Waals surface area (Å²) in [5.74, 6) is -4.85. The summed E-state index contributed by atoms with van der Waals surface area (Å²) in [4.78, 5) is 84.6. The third-order valence-corrected chi connectivity index (χ3v) is 12.1. The zero-order chi connectivity index (χ0) is 45.5. The van der Waals surface area contributed by atoms with Crippen LogP contribution >= 0.6 is 11.3 Å². The molecule has 5 N–H and O–H groups in total. The summed E-state index contributed by atoms with van der Waals surface area (Å²) in [6, 6.07) is 41.1. The quantitative estimate of drug-likeness (QED) is 0.0940. The van der Waals surface area contributed by atoms with Crippen LogP contribution in [0.3, 0.4) is 0 Å². The van der Waals surface area contributed by atoms with E-state index in [1.807, 2.05) is 109 Å². The number of ether oxygens (including phenoxy) is 1. The maximum Gasteiger partial charge on any atom is 0.326 e. The molecule has 0 fully saturated rings. The van der Waals surface area contributed by atoms with Crippen LogP contribution in [0.5, 0.6) is 5.75 Å². The Kier molecular flexibility index (Phi) is 15.7. The zero-order valence-electron chi connectivity index (χ0n) is 35.6. The number of carbonyl (C=O) groups excluding carboxylic acids is 5. The minimum Gasteiger partial charge on any atom is -0.484 e. The fourth-order valence-corrected chi connectivity index (χ4v) is 8.51. The highest BCUT2D eigenvalue weighted by atomic mass is 32.1. The van der Waals surface area contributed by atoms with Gasteiger partial charge in [-0.2, -0.15) is 0 Å². The zero-order valence-corrected chi connectivity index (χ0v) is 36.4. The van der Waals surface area contributed by atoms with Gasteiger partial charge in [-0.15, -0.1) is 11.3 Å². The number of carboxylic acids is 1. The van der Waals surface area contributed by atoms with Crippen molar-refractivity contribution in [2.75, 3.05) is 6.61 Å². The number of carbonyl (C=O) groups is 6. The number of Topliss-reactive ketones (excluding diaryl/α,β-unsaturated/α-hetero) is 1. The Morgan fingerprint density at radius 2 is 1.18 bits per heavy atom. The van der Waals surface area contributed by atoms with Gasteiger partial charge in [0.25, 0.3) is 5.91 Å². The molecule has 2 aliphatic rings. The van der Waals surface area contributed by atoms with E-state index in [0.717, 1.165) is 27.1 Å². The van der Waals surface area contributed by atoms with Gasteiger partial charge in [0.1, 0.15) is 23.9 Å². The van der Waals surface area contributed by atoms with E-state index in [0.29, 0.717) is 16.9 Å². The molecule has 0 unspecified atom stereocenters. The van der Waals surface area contributed by atoms with Crippen LogP contribution < -0.4 is 26.0 Å². The predicted molar refractivity (Wildman–Crippen MR) is 248 cm³/mol. The number of amides is 4. The second kappa shape index (κ2) is 22.3. The second-order valence-corrected chi connectivity index (χ2v) is 17.1. The van der Waals surface area contributed by atoms with E-state index in [1.165, 1.54) is 11.3 Å². The molecule has 6 aromatic rings. The van der Waals surface area contributed by atoms with Gasteiger partial charge in [0.2, 0.25) is 17.7 Å². The van der Waals surface area contributed by atoms with Crippen molar-refractivity contribution in [2.45, 2.75) is 62.7 Å². The third kappa shape index (κ3) is 13.3. The van der Waals surface area contributed by atoms with Gasteiger partial charge in [0.15, 0.2) is 12.4 Å². The van der Waals surface area contributed by atoms with Crippen molar-refractivity contribution in [2.24, 2.45) is 5.92 Å². The Morgan fingerprint density at radius 3 is 1.82 bits per heavy atom. The van der Waals surface area contributed by atoms with E-state index in [1.54, 1.807) is 48.5 Å². The van der Waals surface area contributed by atoms with Crippen molar-refractivity contribution in [1.29, 1.82) is 0 Å². The number of carboxylic acid groups (broad SMARTS) is 1. The molecule has 5 atom stereocenters. The molecule has 13 heteroatoms. The Labute approximate surface area is 381 Å². The Balaban J connectivity index is 1.22. The SMILES string of the molecule is O=C1COc2ccc(cc2)C[C@@H](C(=O)N[C@H](Cc2ccccc2)C(=O)O)CC(=O)[C@H](Cc2ccccc2)NC(=O)[C@@H](Cc2ccc(-c3ccccc3)cc2)NC(=O)[C@H](Cc2cccs2)N1. The van der Waals surface area contributed by atoms with Crippen LogP contribution in [0.2, 0.25) is 0 Å². The summed E-state index contributed by atoms with van der Waals surface area (Å²) in [5.41, 5.74) is 4.79.